The van der Waals surface area contributed by atoms with E-state index in [1.807, 2.05) is 26.0 Å². The highest BCUT2D eigenvalue weighted by atomic mass is 35.5. The predicted octanol–water partition coefficient (Wildman–Crippen LogP) is 3.69. The fraction of sp³-hybridized carbons (Fsp3) is 0.263. The molecule has 0 heterocycles. The molecule has 0 aromatic heterocycles. The molecule has 1 unspecified atom stereocenters. The third kappa shape index (κ3) is 6.66. The van der Waals surface area contributed by atoms with Gasteiger partial charge in [-0.05, 0) is 43.7 Å². The highest BCUT2D eigenvalue weighted by Crippen LogP contribution is 2.27. The Morgan fingerprint density at radius 2 is 1.78 bits per heavy atom. The van der Waals surface area contributed by atoms with E-state index in [1.165, 1.54) is 6.07 Å². The Labute approximate surface area is 167 Å². The molecule has 0 saturated carbocycles. The van der Waals surface area contributed by atoms with Crippen molar-refractivity contribution in [3.05, 3.63) is 58.1 Å². The van der Waals surface area contributed by atoms with Gasteiger partial charge in [-0.1, -0.05) is 47.8 Å². The van der Waals surface area contributed by atoms with Crippen LogP contribution < -0.4 is 20.3 Å². The van der Waals surface area contributed by atoms with Crippen LogP contribution in [-0.4, -0.2) is 24.5 Å². The maximum atomic E-state index is 12.2. The van der Waals surface area contributed by atoms with E-state index in [1.54, 1.807) is 24.3 Å². The van der Waals surface area contributed by atoms with Gasteiger partial charge in [-0.25, -0.2) is 0 Å². The van der Waals surface area contributed by atoms with Gasteiger partial charge >= 0.3 is 0 Å². The van der Waals surface area contributed by atoms with E-state index < -0.39 is 17.9 Å². The summed E-state index contributed by atoms with van der Waals surface area (Å²) in [6, 6.07) is 12.0. The minimum Gasteiger partial charge on any atom is -0.482 e. The second-order valence-corrected chi connectivity index (χ2v) is 6.57. The van der Waals surface area contributed by atoms with Crippen molar-refractivity contribution in [3.8, 4) is 11.5 Å². The number of rotatable bonds is 7. The standard InChI is InChI=1S/C19H20Cl2N2O4/c1-3-16(27-14-7-4-12(2)5-8-14)19(25)23-22-18(24)11-26-17-9-6-13(20)10-15(17)21/h4-10,16H,3,11H2,1-2H3,(H,22,24)(H,23,25). The lowest BCUT2D eigenvalue weighted by Crippen LogP contribution is -2.49. The SMILES string of the molecule is CCC(Oc1ccc(C)cc1)C(=O)NNC(=O)COc1ccc(Cl)cc1Cl. The van der Waals surface area contributed by atoms with Gasteiger partial charge in [0.25, 0.3) is 11.8 Å². The molecule has 1 atom stereocenters. The lowest BCUT2D eigenvalue weighted by atomic mass is 10.2. The molecule has 2 amide bonds. The van der Waals surface area contributed by atoms with E-state index in [-0.39, 0.29) is 11.6 Å². The molecule has 0 spiro atoms. The molecule has 6 nitrogen and oxygen atoms in total. The first-order chi connectivity index (χ1) is 12.9. The molecule has 0 saturated heterocycles. The number of hydrogen-bond acceptors (Lipinski definition) is 4. The molecule has 27 heavy (non-hydrogen) atoms. The minimum atomic E-state index is -0.736. The second-order valence-electron chi connectivity index (χ2n) is 5.73. The molecule has 0 aliphatic carbocycles. The van der Waals surface area contributed by atoms with Gasteiger partial charge in [0.1, 0.15) is 11.5 Å². The number of aryl methyl sites for hydroxylation is 1. The first kappa shape index (κ1) is 20.9. The van der Waals surface area contributed by atoms with E-state index in [4.69, 9.17) is 32.7 Å². The Morgan fingerprint density at radius 1 is 1.07 bits per heavy atom. The Morgan fingerprint density at radius 3 is 2.41 bits per heavy atom. The largest absolute Gasteiger partial charge is 0.482 e. The predicted molar refractivity (Wildman–Crippen MR) is 104 cm³/mol. The normalized spacial score (nSPS) is 11.4. The van der Waals surface area contributed by atoms with Crippen molar-refractivity contribution in [2.75, 3.05) is 6.61 Å². The minimum absolute atomic E-state index is 0.289. The van der Waals surface area contributed by atoms with Crippen LogP contribution >= 0.6 is 23.2 Å². The Balaban J connectivity index is 1.80. The number of hydrogen-bond donors (Lipinski definition) is 2. The zero-order valence-corrected chi connectivity index (χ0v) is 16.4. The van der Waals surface area contributed by atoms with Gasteiger partial charge in [0.05, 0.1) is 5.02 Å². The van der Waals surface area contributed by atoms with E-state index in [0.29, 0.717) is 22.9 Å². The summed E-state index contributed by atoms with van der Waals surface area (Å²) in [5.74, 6) is -0.109. The zero-order chi connectivity index (χ0) is 19.8. The maximum absolute atomic E-state index is 12.2. The van der Waals surface area contributed by atoms with Crippen LogP contribution in [0.2, 0.25) is 10.0 Å². The first-order valence-corrected chi connectivity index (χ1v) is 9.04. The average molecular weight is 411 g/mol. The third-order valence-corrected chi connectivity index (χ3v) is 4.07. The molecule has 2 aromatic rings. The van der Waals surface area contributed by atoms with Gasteiger partial charge in [-0.2, -0.15) is 0 Å². The van der Waals surface area contributed by atoms with Crippen LogP contribution in [-0.2, 0) is 9.59 Å². The van der Waals surface area contributed by atoms with Crippen LogP contribution in [0.25, 0.3) is 0 Å². The van der Waals surface area contributed by atoms with Crippen molar-refractivity contribution < 1.29 is 19.1 Å². The van der Waals surface area contributed by atoms with Crippen molar-refractivity contribution in [2.24, 2.45) is 0 Å². The van der Waals surface area contributed by atoms with Crippen molar-refractivity contribution in [1.82, 2.24) is 10.9 Å². The van der Waals surface area contributed by atoms with Gasteiger partial charge < -0.3 is 9.47 Å². The number of nitrogens with one attached hydrogen (secondary N) is 2. The average Bonchev–Trinajstić information content (AvgIpc) is 2.65. The highest BCUT2D eigenvalue weighted by Gasteiger charge is 2.19. The Kier molecular flexibility index (Phi) is 7.76. The molecule has 0 aliphatic heterocycles. The van der Waals surface area contributed by atoms with Gasteiger partial charge in [-0.15, -0.1) is 0 Å². The summed E-state index contributed by atoms with van der Waals surface area (Å²) in [6.07, 6.45) is -0.299. The topological polar surface area (TPSA) is 76.7 Å². The van der Waals surface area contributed by atoms with Crippen LogP contribution in [0.15, 0.2) is 42.5 Å². The quantitative estimate of drug-likeness (QED) is 0.682. The molecule has 0 bridgehead atoms. The summed E-state index contributed by atoms with van der Waals surface area (Å²) >= 11 is 11.8. The van der Waals surface area contributed by atoms with Crippen LogP contribution in [0.4, 0.5) is 0 Å². The fourth-order valence-corrected chi connectivity index (χ4v) is 2.55. The summed E-state index contributed by atoms with van der Waals surface area (Å²) in [6.45, 7) is 3.45. The van der Waals surface area contributed by atoms with Crippen LogP contribution in [0.1, 0.15) is 18.9 Å². The van der Waals surface area contributed by atoms with Crippen molar-refractivity contribution in [1.29, 1.82) is 0 Å². The molecule has 2 aromatic carbocycles. The van der Waals surface area contributed by atoms with Crippen molar-refractivity contribution >= 4 is 35.0 Å². The van der Waals surface area contributed by atoms with Crippen LogP contribution in [0.5, 0.6) is 11.5 Å². The summed E-state index contributed by atoms with van der Waals surface area (Å²) in [7, 11) is 0. The summed E-state index contributed by atoms with van der Waals surface area (Å²) in [5.41, 5.74) is 5.70. The van der Waals surface area contributed by atoms with Gasteiger partial charge in [-0.3, -0.25) is 20.4 Å². The number of ether oxygens (including phenoxy) is 2. The summed E-state index contributed by atoms with van der Waals surface area (Å²) in [5, 5.41) is 0.750. The lowest BCUT2D eigenvalue weighted by Gasteiger charge is -2.17. The smallest absolute Gasteiger partial charge is 0.279 e. The maximum Gasteiger partial charge on any atom is 0.279 e. The van der Waals surface area contributed by atoms with Gasteiger partial charge in [0, 0.05) is 5.02 Å². The molecular weight excluding hydrogens is 391 g/mol. The number of halogens is 2. The Bertz CT molecular complexity index is 797. The van der Waals surface area contributed by atoms with E-state index >= 15 is 0 Å². The van der Waals surface area contributed by atoms with E-state index in [0.717, 1.165) is 5.56 Å². The molecule has 0 fully saturated rings. The highest BCUT2D eigenvalue weighted by molar-refractivity contribution is 6.35. The number of carbonyl (C=O) groups excluding carboxylic acids is 2. The van der Waals surface area contributed by atoms with Gasteiger partial charge in [0.15, 0.2) is 12.7 Å². The first-order valence-electron chi connectivity index (χ1n) is 8.29. The molecule has 144 valence electrons. The van der Waals surface area contributed by atoms with Gasteiger partial charge in [0.2, 0.25) is 0 Å². The molecule has 0 radical (unpaired) electrons. The van der Waals surface area contributed by atoms with Crippen LogP contribution in [0, 0.1) is 6.92 Å². The van der Waals surface area contributed by atoms with E-state index in [2.05, 4.69) is 10.9 Å². The summed E-state index contributed by atoms with van der Waals surface area (Å²) < 4.78 is 10.9. The number of hydrazine groups is 1. The molecule has 2 rings (SSSR count). The van der Waals surface area contributed by atoms with Crippen LogP contribution in [0.3, 0.4) is 0 Å². The summed E-state index contributed by atoms with van der Waals surface area (Å²) in [4.78, 5) is 24.0. The molecule has 8 heteroatoms. The Hall–Kier alpha value is -2.44. The number of benzene rings is 2. The second kappa shape index (κ2) is 10.0. The third-order valence-electron chi connectivity index (χ3n) is 3.54. The molecular formula is C19H20Cl2N2O4. The van der Waals surface area contributed by atoms with E-state index in [9.17, 15) is 9.59 Å². The zero-order valence-electron chi connectivity index (χ0n) is 14.9. The lowest BCUT2D eigenvalue weighted by molar-refractivity contribution is -0.134. The number of amides is 2. The fourth-order valence-electron chi connectivity index (χ4n) is 2.09. The van der Waals surface area contributed by atoms with Crippen molar-refractivity contribution in [3.63, 3.8) is 0 Å². The monoisotopic (exact) mass is 410 g/mol. The molecule has 2 N–H and O–H groups in total. The van der Waals surface area contributed by atoms with Crippen molar-refractivity contribution in [2.45, 2.75) is 26.4 Å². The molecule has 0 aliphatic rings. The number of carbonyl (C=O) groups is 2.